The summed E-state index contributed by atoms with van der Waals surface area (Å²) in [7, 11) is 1.65. The average molecular weight is 663 g/mol. The van der Waals surface area contributed by atoms with E-state index in [0.717, 1.165) is 12.8 Å². The molecule has 3 aliphatic rings. The first kappa shape index (κ1) is 32.0. The van der Waals surface area contributed by atoms with Crippen molar-refractivity contribution in [1.82, 2.24) is 29.4 Å². The topological polar surface area (TPSA) is 174 Å². The monoisotopic (exact) mass is 662 g/mol. The summed E-state index contributed by atoms with van der Waals surface area (Å²) in [6.07, 6.45) is 7.37. The predicted octanol–water partition coefficient (Wildman–Crippen LogP) is 2.53. The highest BCUT2D eigenvalue weighted by Crippen LogP contribution is 2.40. The van der Waals surface area contributed by atoms with Gasteiger partial charge in [-0.2, -0.15) is 10.2 Å². The van der Waals surface area contributed by atoms with Gasteiger partial charge >= 0.3 is 0 Å². The van der Waals surface area contributed by atoms with Crippen LogP contribution in [0, 0.1) is 22.7 Å². The van der Waals surface area contributed by atoms with Gasteiger partial charge in [-0.15, -0.1) is 0 Å². The van der Waals surface area contributed by atoms with Crippen LogP contribution in [0.25, 0.3) is 11.1 Å². The number of aliphatic hydroxyl groups excluding tert-OH is 1. The van der Waals surface area contributed by atoms with E-state index in [-0.39, 0.29) is 47.5 Å². The number of nitrogens with one attached hydrogen (secondary N) is 2. The van der Waals surface area contributed by atoms with E-state index in [1.165, 1.54) is 15.8 Å². The van der Waals surface area contributed by atoms with Crippen LogP contribution < -0.4 is 26.0 Å². The molecule has 14 nitrogen and oxygen atoms in total. The minimum Gasteiger partial charge on any atom is -0.392 e. The zero-order chi connectivity index (χ0) is 34.4. The molecule has 252 valence electrons. The number of aryl methyl sites for hydroxylation is 1. The molecular weight excluding hydrogens is 624 g/mol. The van der Waals surface area contributed by atoms with Gasteiger partial charge in [-0.1, -0.05) is 13.8 Å². The Morgan fingerprint density at radius 1 is 1.12 bits per heavy atom. The van der Waals surface area contributed by atoms with E-state index in [9.17, 15) is 19.5 Å². The molecule has 0 aromatic carbocycles. The molecule has 4 aromatic heterocycles. The molecule has 1 unspecified atom stereocenters. The Labute approximate surface area is 283 Å². The SMILES string of the molecule is Cn1cc(-c2ccnc(N3CCn4c(cc5c4CC(C)(C)C5)C3=O)c2CO)cc(Nc2ccnc(N3CCC(C(=O)NCC#N)C3)n2)c1=O. The summed E-state index contributed by atoms with van der Waals surface area (Å²) < 4.78 is 3.60. The van der Waals surface area contributed by atoms with Gasteiger partial charge in [0.1, 0.15) is 29.6 Å². The van der Waals surface area contributed by atoms with Gasteiger partial charge in [0.2, 0.25) is 11.9 Å². The van der Waals surface area contributed by atoms with E-state index in [1.807, 2.05) is 17.0 Å². The Hall–Kier alpha value is -5.55. The van der Waals surface area contributed by atoms with Gasteiger partial charge in [-0.25, -0.2) is 9.97 Å². The van der Waals surface area contributed by atoms with E-state index in [1.54, 1.807) is 48.7 Å². The van der Waals surface area contributed by atoms with E-state index in [2.05, 4.69) is 44.0 Å². The van der Waals surface area contributed by atoms with Gasteiger partial charge in [0.25, 0.3) is 11.5 Å². The Kier molecular flexibility index (Phi) is 8.15. The normalized spacial score (nSPS) is 17.9. The molecule has 1 saturated heterocycles. The summed E-state index contributed by atoms with van der Waals surface area (Å²) in [6, 6.07) is 9.05. The first-order valence-electron chi connectivity index (χ1n) is 16.4. The maximum absolute atomic E-state index is 13.9. The fourth-order valence-corrected chi connectivity index (χ4v) is 7.34. The first-order chi connectivity index (χ1) is 23.6. The summed E-state index contributed by atoms with van der Waals surface area (Å²) >= 11 is 0. The number of nitrogens with zero attached hydrogens (tertiary/aromatic N) is 8. The van der Waals surface area contributed by atoms with Crippen LogP contribution in [0.2, 0.25) is 0 Å². The summed E-state index contributed by atoms with van der Waals surface area (Å²) in [6.45, 7) is 6.16. The third-order valence-corrected chi connectivity index (χ3v) is 9.66. The molecule has 2 amide bonds. The van der Waals surface area contributed by atoms with Crippen LogP contribution in [0.5, 0.6) is 0 Å². The number of anilines is 4. The van der Waals surface area contributed by atoms with Crippen molar-refractivity contribution in [2.24, 2.45) is 18.4 Å². The fraction of sp³-hybridized carbons (Fsp3) is 0.400. The van der Waals surface area contributed by atoms with Gasteiger partial charge in [0, 0.05) is 68.6 Å². The van der Waals surface area contributed by atoms with Crippen molar-refractivity contribution < 1.29 is 14.7 Å². The largest absolute Gasteiger partial charge is 0.392 e. The molecule has 6 heterocycles. The lowest BCUT2D eigenvalue weighted by Crippen LogP contribution is -2.41. The molecule has 1 atom stereocenters. The number of pyridine rings is 2. The molecule has 2 aliphatic heterocycles. The van der Waals surface area contributed by atoms with Crippen LogP contribution in [-0.2, 0) is 37.8 Å². The second-order valence-electron chi connectivity index (χ2n) is 13.7. The number of hydrogen-bond acceptors (Lipinski definition) is 10. The van der Waals surface area contributed by atoms with Crippen molar-refractivity contribution in [2.75, 3.05) is 41.3 Å². The highest BCUT2D eigenvalue weighted by Gasteiger charge is 2.37. The number of hydrogen-bond donors (Lipinski definition) is 3. The number of carbonyl (C=O) groups excluding carboxylic acids is 2. The van der Waals surface area contributed by atoms with Gasteiger partial charge in [-0.05, 0) is 60.1 Å². The van der Waals surface area contributed by atoms with Crippen LogP contribution in [0.3, 0.4) is 0 Å². The maximum Gasteiger partial charge on any atom is 0.276 e. The molecule has 1 aliphatic carbocycles. The third kappa shape index (κ3) is 5.91. The summed E-state index contributed by atoms with van der Waals surface area (Å²) in [5.41, 5.74) is 5.04. The molecule has 0 radical (unpaired) electrons. The lowest BCUT2D eigenvalue weighted by atomic mass is 9.90. The number of amides is 2. The average Bonchev–Trinajstić information content (AvgIpc) is 3.79. The molecule has 14 heteroatoms. The van der Waals surface area contributed by atoms with Crippen molar-refractivity contribution >= 4 is 35.1 Å². The Balaban J connectivity index is 1.15. The zero-order valence-electron chi connectivity index (χ0n) is 27.7. The predicted molar refractivity (Wildman–Crippen MR) is 182 cm³/mol. The molecular formula is C35H38N10O4. The minimum atomic E-state index is -0.361. The molecule has 0 spiro atoms. The minimum absolute atomic E-state index is 0.0365. The Morgan fingerprint density at radius 3 is 2.73 bits per heavy atom. The second-order valence-corrected chi connectivity index (χ2v) is 13.7. The third-order valence-electron chi connectivity index (χ3n) is 9.66. The smallest absolute Gasteiger partial charge is 0.276 e. The van der Waals surface area contributed by atoms with Crippen molar-refractivity contribution in [2.45, 2.75) is 46.3 Å². The number of aliphatic hydroxyl groups is 1. The molecule has 0 bridgehead atoms. The summed E-state index contributed by atoms with van der Waals surface area (Å²) in [5.74, 6) is 0.612. The fourth-order valence-electron chi connectivity index (χ4n) is 7.34. The second kappa shape index (κ2) is 12.5. The first-order valence-corrected chi connectivity index (χ1v) is 16.4. The standard InChI is InChI=1S/C35H38N10O4/c1-35(2)16-22-15-27-33(49)45(13-12-44(27)28(22)17-35)30-25(20-46)24(4-8-37-30)23-14-26(32(48)42(3)18-23)40-29-5-9-39-34(41-29)43-11-6-21(19-43)31(47)38-10-7-36/h4-5,8-9,14-15,18,21,46H,6,10-13,16-17,19-20H2,1-3H3,(H,38,47)(H,39,40,41). The summed E-state index contributed by atoms with van der Waals surface area (Å²) in [4.78, 5) is 56.6. The molecule has 0 saturated carbocycles. The van der Waals surface area contributed by atoms with Gasteiger partial charge in [0.05, 0.1) is 18.6 Å². The van der Waals surface area contributed by atoms with Crippen molar-refractivity contribution in [3.8, 4) is 17.2 Å². The van der Waals surface area contributed by atoms with Crippen LogP contribution in [0.1, 0.15) is 47.6 Å². The van der Waals surface area contributed by atoms with E-state index >= 15 is 0 Å². The van der Waals surface area contributed by atoms with Crippen molar-refractivity contribution in [1.29, 1.82) is 5.26 Å². The van der Waals surface area contributed by atoms with E-state index in [4.69, 9.17) is 5.26 Å². The van der Waals surface area contributed by atoms with Crippen LogP contribution >= 0.6 is 0 Å². The molecule has 49 heavy (non-hydrogen) atoms. The van der Waals surface area contributed by atoms with E-state index < -0.39 is 0 Å². The zero-order valence-corrected chi connectivity index (χ0v) is 27.7. The molecule has 3 N–H and O–H groups in total. The quantitative estimate of drug-likeness (QED) is 0.238. The number of carbonyl (C=O) groups is 2. The van der Waals surface area contributed by atoms with Crippen LogP contribution in [0.4, 0.5) is 23.3 Å². The maximum atomic E-state index is 13.9. The van der Waals surface area contributed by atoms with Crippen LogP contribution in [-0.4, -0.2) is 67.2 Å². The molecule has 4 aromatic rings. The lowest BCUT2D eigenvalue weighted by Gasteiger charge is -2.31. The van der Waals surface area contributed by atoms with Gasteiger partial charge in [-0.3, -0.25) is 19.3 Å². The van der Waals surface area contributed by atoms with Gasteiger partial charge in [0.15, 0.2) is 0 Å². The number of rotatable bonds is 8. The molecule has 7 rings (SSSR count). The Bertz CT molecular complexity index is 2080. The summed E-state index contributed by atoms with van der Waals surface area (Å²) in [5, 5.41) is 25.2. The number of fused-ring (bicyclic) bond motifs is 3. The van der Waals surface area contributed by atoms with Gasteiger partial charge < -0.3 is 29.8 Å². The molecule has 1 fully saturated rings. The highest BCUT2D eigenvalue weighted by atomic mass is 16.3. The van der Waals surface area contributed by atoms with Crippen molar-refractivity contribution in [3.05, 3.63) is 75.7 Å². The number of nitriles is 1. The Morgan fingerprint density at radius 2 is 1.94 bits per heavy atom. The van der Waals surface area contributed by atoms with E-state index in [0.29, 0.717) is 72.6 Å². The lowest BCUT2D eigenvalue weighted by molar-refractivity contribution is -0.124. The highest BCUT2D eigenvalue weighted by molar-refractivity contribution is 6.06. The number of aromatic nitrogens is 5. The van der Waals surface area contributed by atoms with Crippen LogP contribution in [0.15, 0.2) is 47.7 Å². The van der Waals surface area contributed by atoms with Crippen molar-refractivity contribution in [3.63, 3.8) is 0 Å².